The molecule has 2 heterocycles. The lowest BCUT2D eigenvalue weighted by Gasteiger charge is -2.40. The van der Waals surface area contributed by atoms with Gasteiger partial charge < -0.3 is 25.6 Å². The van der Waals surface area contributed by atoms with Crippen molar-refractivity contribution in [3.05, 3.63) is 93.5 Å². The van der Waals surface area contributed by atoms with Crippen molar-refractivity contribution < 1.29 is 18.7 Å². The van der Waals surface area contributed by atoms with Crippen molar-refractivity contribution in [2.45, 2.75) is 33.2 Å². The van der Waals surface area contributed by atoms with Gasteiger partial charge in [0.05, 0.1) is 22.9 Å². The summed E-state index contributed by atoms with van der Waals surface area (Å²) in [4.78, 5) is 18.7. The summed E-state index contributed by atoms with van der Waals surface area (Å²) in [5.41, 5.74) is 2.47. The largest absolute Gasteiger partial charge is 0.758 e. The van der Waals surface area contributed by atoms with Crippen LogP contribution in [0.5, 0.6) is 0 Å². The summed E-state index contributed by atoms with van der Waals surface area (Å²) in [5, 5.41) is 26.4. The third-order valence-electron chi connectivity index (χ3n) is 6.89. The number of hydroxylamine groups is 2. The average Bonchev–Trinajstić information content (AvgIpc) is 2.89. The highest BCUT2D eigenvalue weighted by Crippen LogP contribution is 2.42. The fourth-order valence-electron chi connectivity index (χ4n) is 4.77. The molecule has 4 rings (SSSR count). The first-order chi connectivity index (χ1) is 18.2. The molecule has 0 bridgehead atoms. The van der Waals surface area contributed by atoms with E-state index in [0.717, 1.165) is 43.8 Å². The van der Waals surface area contributed by atoms with Crippen molar-refractivity contribution in [3.63, 3.8) is 0 Å². The van der Waals surface area contributed by atoms with Crippen molar-refractivity contribution >= 4 is 17.9 Å². The fourth-order valence-corrected chi connectivity index (χ4v) is 4.77. The standard InChI is InChI=1S/C29H31F2N4O3/c1-4-34(5-2)14-7-13-32-25-17-22(21-16-19(29(36)37)11-10-18(21)3)20-12-15-35(38)28(27(20)33-25)26-23(30)8-6-9-24(26)31/h6,8-12,15-17,28H,4-5,7,13-14H2,1-3H3,(H,32,33)(H,36,37)/q-1. The molecule has 1 unspecified atom stereocenters. The quantitative estimate of drug-likeness (QED) is 0.314. The van der Waals surface area contributed by atoms with E-state index in [1.807, 2.05) is 6.92 Å². The molecule has 200 valence electrons. The third-order valence-corrected chi connectivity index (χ3v) is 6.89. The molecule has 9 heteroatoms. The van der Waals surface area contributed by atoms with Gasteiger partial charge in [0.15, 0.2) is 0 Å². The Labute approximate surface area is 221 Å². The van der Waals surface area contributed by atoms with Gasteiger partial charge in [-0.2, -0.15) is 0 Å². The predicted octanol–water partition coefficient (Wildman–Crippen LogP) is 6.05. The second kappa shape index (κ2) is 11.7. The zero-order chi connectivity index (χ0) is 27.4. The minimum atomic E-state index is -1.35. The summed E-state index contributed by atoms with van der Waals surface area (Å²) in [6, 6.07) is 8.71. The van der Waals surface area contributed by atoms with Gasteiger partial charge in [0.25, 0.3) is 0 Å². The van der Waals surface area contributed by atoms with Crippen LogP contribution < -0.4 is 5.32 Å². The fraction of sp³-hybridized carbons (Fsp3) is 0.310. The van der Waals surface area contributed by atoms with Crippen molar-refractivity contribution in [1.82, 2.24) is 14.9 Å². The number of carboxylic acid groups (broad SMARTS) is 1. The first kappa shape index (κ1) is 27.2. The maximum atomic E-state index is 14.9. The molecule has 38 heavy (non-hydrogen) atoms. The van der Waals surface area contributed by atoms with Crippen LogP contribution in [-0.4, -0.2) is 52.2 Å². The molecule has 1 aliphatic rings. The number of aryl methyl sites for hydroxylation is 1. The summed E-state index contributed by atoms with van der Waals surface area (Å²) in [7, 11) is 0. The maximum Gasteiger partial charge on any atom is 0.335 e. The van der Waals surface area contributed by atoms with Crippen LogP contribution in [0.25, 0.3) is 17.2 Å². The average molecular weight is 522 g/mol. The van der Waals surface area contributed by atoms with Gasteiger partial charge in [-0.1, -0.05) is 26.0 Å². The molecule has 0 saturated carbocycles. The number of anilines is 1. The highest BCUT2D eigenvalue weighted by Gasteiger charge is 2.30. The van der Waals surface area contributed by atoms with Crippen LogP contribution in [0.2, 0.25) is 0 Å². The van der Waals surface area contributed by atoms with Crippen LogP contribution in [0, 0.1) is 23.8 Å². The Kier molecular flexibility index (Phi) is 8.38. The molecule has 0 aliphatic carbocycles. The van der Waals surface area contributed by atoms with Crippen molar-refractivity contribution in [2.24, 2.45) is 0 Å². The van der Waals surface area contributed by atoms with Crippen LogP contribution in [0.15, 0.2) is 48.7 Å². The number of halogens is 2. The Bertz CT molecular complexity index is 1340. The van der Waals surface area contributed by atoms with Gasteiger partial charge in [0, 0.05) is 12.1 Å². The summed E-state index contributed by atoms with van der Waals surface area (Å²) < 4.78 is 29.8. The Morgan fingerprint density at radius 2 is 1.84 bits per heavy atom. The van der Waals surface area contributed by atoms with Gasteiger partial charge >= 0.3 is 5.97 Å². The smallest absolute Gasteiger partial charge is 0.335 e. The third kappa shape index (κ3) is 5.54. The Morgan fingerprint density at radius 1 is 1.13 bits per heavy atom. The highest BCUT2D eigenvalue weighted by atomic mass is 19.1. The molecule has 0 radical (unpaired) electrons. The molecule has 2 N–H and O–H groups in total. The van der Waals surface area contributed by atoms with E-state index in [9.17, 15) is 23.9 Å². The Hall–Kier alpha value is -3.82. The van der Waals surface area contributed by atoms with Crippen molar-refractivity contribution in [2.75, 3.05) is 31.5 Å². The van der Waals surface area contributed by atoms with Gasteiger partial charge in [-0.3, -0.25) is 0 Å². The normalized spacial score (nSPS) is 14.6. The van der Waals surface area contributed by atoms with E-state index in [2.05, 4.69) is 29.0 Å². The van der Waals surface area contributed by atoms with E-state index in [0.29, 0.717) is 34.1 Å². The van der Waals surface area contributed by atoms with E-state index >= 15 is 0 Å². The molecule has 2 aromatic carbocycles. The van der Waals surface area contributed by atoms with E-state index in [-0.39, 0.29) is 16.8 Å². The summed E-state index contributed by atoms with van der Waals surface area (Å²) in [5.74, 6) is -2.33. The molecular formula is C29H31F2N4O3-. The Balaban J connectivity index is 1.85. The highest BCUT2D eigenvalue weighted by molar-refractivity contribution is 5.91. The van der Waals surface area contributed by atoms with Crippen molar-refractivity contribution in [1.29, 1.82) is 0 Å². The summed E-state index contributed by atoms with van der Waals surface area (Å²) in [6.45, 7) is 9.42. The number of aromatic carboxylic acids is 1. The molecule has 0 fully saturated rings. The van der Waals surface area contributed by atoms with Gasteiger partial charge in [0.2, 0.25) is 0 Å². The second-order valence-corrected chi connectivity index (χ2v) is 9.21. The molecule has 1 aliphatic heterocycles. The van der Waals surface area contributed by atoms with E-state index < -0.39 is 23.6 Å². The number of hydrogen-bond acceptors (Lipinski definition) is 6. The minimum Gasteiger partial charge on any atom is -0.758 e. The lowest BCUT2D eigenvalue weighted by Crippen LogP contribution is -2.27. The SMILES string of the molecule is CCN(CC)CCCNc1cc(-c2cc(C(=O)O)ccc2C)c2c(n1)C(c1c(F)cccc1F)N([O-])C=C2. The number of fused-ring (bicyclic) bond motifs is 1. The van der Waals surface area contributed by atoms with Gasteiger partial charge in [0.1, 0.15) is 17.5 Å². The lowest BCUT2D eigenvalue weighted by molar-refractivity contribution is 0.0697. The molecule has 7 nitrogen and oxygen atoms in total. The minimum absolute atomic E-state index is 0.104. The van der Waals surface area contributed by atoms with Gasteiger partial charge in [-0.25, -0.2) is 18.6 Å². The topological polar surface area (TPSA) is 91.8 Å². The molecule has 1 atom stereocenters. The number of carbonyl (C=O) groups is 1. The lowest BCUT2D eigenvalue weighted by atomic mass is 9.88. The predicted molar refractivity (Wildman–Crippen MR) is 145 cm³/mol. The number of aromatic nitrogens is 1. The van der Waals surface area contributed by atoms with Crippen molar-refractivity contribution in [3.8, 4) is 11.1 Å². The number of rotatable bonds is 10. The number of pyridine rings is 1. The molecule has 3 aromatic rings. The monoisotopic (exact) mass is 521 g/mol. The van der Waals surface area contributed by atoms with Crippen LogP contribution in [0.1, 0.15) is 59.1 Å². The van der Waals surface area contributed by atoms with E-state index in [1.54, 1.807) is 24.3 Å². The maximum absolute atomic E-state index is 14.9. The number of nitrogens with zero attached hydrogens (tertiary/aromatic N) is 3. The first-order valence-electron chi connectivity index (χ1n) is 12.7. The van der Waals surface area contributed by atoms with Crippen LogP contribution in [0.3, 0.4) is 0 Å². The number of carboxylic acids is 1. The Morgan fingerprint density at radius 3 is 2.50 bits per heavy atom. The van der Waals surface area contributed by atoms with Gasteiger partial charge in [-0.15, -0.1) is 0 Å². The summed E-state index contributed by atoms with van der Waals surface area (Å²) in [6.07, 6.45) is 3.61. The van der Waals surface area contributed by atoms with Gasteiger partial charge in [-0.05, 0) is 92.3 Å². The zero-order valence-electron chi connectivity index (χ0n) is 21.7. The van der Waals surface area contributed by atoms with Crippen LogP contribution >= 0.6 is 0 Å². The zero-order valence-corrected chi connectivity index (χ0v) is 21.7. The number of benzene rings is 2. The molecule has 0 amide bonds. The number of hydrogen-bond donors (Lipinski definition) is 2. The molecule has 0 saturated heterocycles. The summed E-state index contributed by atoms with van der Waals surface area (Å²) >= 11 is 0. The van der Waals surface area contributed by atoms with Crippen LogP contribution in [0.4, 0.5) is 14.6 Å². The first-order valence-corrected chi connectivity index (χ1v) is 12.7. The number of nitrogens with one attached hydrogen (secondary N) is 1. The second-order valence-electron chi connectivity index (χ2n) is 9.21. The molecule has 0 spiro atoms. The van der Waals surface area contributed by atoms with E-state index in [4.69, 9.17) is 0 Å². The van der Waals surface area contributed by atoms with E-state index in [1.165, 1.54) is 18.3 Å². The van der Waals surface area contributed by atoms with Crippen LogP contribution in [-0.2, 0) is 0 Å². The molecule has 1 aromatic heterocycles. The molecular weight excluding hydrogens is 490 g/mol.